The van der Waals surface area contributed by atoms with Gasteiger partial charge in [0.2, 0.25) is 0 Å². The smallest absolute Gasteiger partial charge is 0.184 e. The zero-order chi connectivity index (χ0) is 12.3. The number of aliphatic hydroxyl groups is 1. The molecule has 0 aliphatic carbocycles. The second-order valence-electron chi connectivity index (χ2n) is 3.98. The topological polar surface area (TPSA) is 83.6 Å². The molecule has 1 aromatic heterocycles. The van der Waals surface area contributed by atoms with Gasteiger partial charge in [-0.05, 0) is 0 Å². The molecule has 17 heavy (non-hydrogen) atoms. The molecule has 1 aliphatic heterocycles. The van der Waals surface area contributed by atoms with Crippen LogP contribution in [0.4, 0.5) is 5.82 Å². The average molecular weight is 240 g/mol. The van der Waals surface area contributed by atoms with E-state index in [9.17, 15) is 4.79 Å². The van der Waals surface area contributed by atoms with E-state index in [0.717, 1.165) is 0 Å². The Labute approximate surface area is 98.6 Å². The first-order valence-electron chi connectivity index (χ1n) is 5.43. The van der Waals surface area contributed by atoms with Crippen molar-refractivity contribution in [3.8, 4) is 0 Å². The van der Waals surface area contributed by atoms with Gasteiger partial charge in [-0.2, -0.15) is 0 Å². The van der Waals surface area contributed by atoms with Crippen molar-refractivity contribution in [1.82, 2.24) is 4.98 Å². The highest BCUT2D eigenvalue weighted by molar-refractivity contribution is 5.37. The summed E-state index contributed by atoms with van der Waals surface area (Å²) >= 11 is 0. The molecule has 0 saturated carbocycles. The lowest BCUT2D eigenvalue weighted by molar-refractivity contribution is -0.204. The molecule has 6 heteroatoms. The fourth-order valence-electron chi connectivity index (χ4n) is 1.75. The number of H-pyrrole nitrogens is 1. The SMILES string of the molecule is COC1(c2cc(=O)cc(NCCO)[nH]2)COC1. The van der Waals surface area contributed by atoms with Crippen LogP contribution < -0.4 is 10.7 Å². The number of aromatic nitrogens is 1. The molecule has 0 atom stereocenters. The van der Waals surface area contributed by atoms with Gasteiger partial charge >= 0.3 is 0 Å². The van der Waals surface area contributed by atoms with Crippen molar-refractivity contribution in [3.05, 3.63) is 28.0 Å². The molecule has 0 unspecified atom stereocenters. The van der Waals surface area contributed by atoms with Gasteiger partial charge in [0.1, 0.15) is 5.82 Å². The lowest BCUT2D eigenvalue weighted by Gasteiger charge is -2.39. The average Bonchev–Trinajstić information content (AvgIpc) is 2.25. The maximum atomic E-state index is 11.6. The van der Waals surface area contributed by atoms with Gasteiger partial charge in [0.15, 0.2) is 11.0 Å². The number of nitrogens with one attached hydrogen (secondary N) is 2. The van der Waals surface area contributed by atoms with Crippen molar-refractivity contribution in [1.29, 1.82) is 0 Å². The Bertz CT molecular complexity index is 434. The Morgan fingerprint density at radius 1 is 1.59 bits per heavy atom. The van der Waals surface area contributed by atoms with Gasteiger partial charge in [-0.1, -0.05) is 0 Å². The summed E-state index contributed by atoms with van der Waals surface area (Å²) in [4.78, 5) is 14.6. The second kappa shape index (κ2) is 4.87. The number of pyridine rings is 1. The summed E-state index contributed by atoms with van der Waals surface area (Å²) < 4.78 is 10.5. The van der Waals surface area contributed by atoms with Crippen LogP contribution in [-0.4, -0.2) is 43.6 Å². The molecule has 0 aromatic carbocycles. The predicted octanol–water partition coefficient (Wildman–Crippen LogP) is -0.349. The van der Waals surface area contributed by atoms with E-state index in [1.54, 1.807) is 7.11 Å². The van der Waals surface area contributed by atoms with Gasteiger partial charge < -0.3 is 24.9 Å². The Hall–Kier alpha value is -1.37. The normalized spacial score (nSPS) is 17.5. The minimum Gasteiger partial charge on any atom is -0.395 e. The summed E-state index contributed by atoms with van der Waals surface area (Å²) in [5, 5.41) is 11.6. The van der Waals surface area contributed by atoms with Gasteiger partial charge in [0.25, 0.3) is 0 Å². The van der Waals surface area contributed by atoms with Crippen LogP contribution in [0.25, 0.3) is 0 Å². The third-order valence-corrected chi connectivity index (χ3v) is 2.82. The number of methoxy groups -OCH3 is 1. The molecule has 0 amide bonds. The molecular weight excluding hydrogens is 224 g/mol. The molecule has 1 fully saturated rings. The standard InChI is InChI=1S/C11H16N2O4/c1-16-11(6-17-7-11)9-4-8(15)5-10(13-9)12-2-3-14/h4-5,14H,2-3,6-7H2,1H3,(H2,12,13,15). The quantitative estimate of drug-likeness (QED) is 0.655. The van der Waals surface area contributed by atoms with Gasteiger partial charge in [-0.25, -0.2) is 0 Å². The minimum atomic E-state index is -0.546. The van der Waals surface area contributed by atoms with Crippen LogP contribution in [0.3, 0.4) is 0 Å². The lowest BCUT2D eigenvalue weighted by Crippen LogP contribution is -2.49. The minimum absolute atomic E-state index is 0.00475. The first-order valence-corrected chi connectivity index (χ1v) is 5.43. The van der Waals surface area contributed by atoms with Crippen LogP contribution in [0.15, 0.2) is 16.9 Å². The summed E-state index contributed by atoms with van der Waals surface area (Å²) in [7, 11) is 1.59. The molecule has 1 aliphatic rings. The monoisotopic (exact) mass is 240 g/mol. The largest absolute Gasteiger partial charge is 0.395 e. The summed E-state index contributed by atoms with van der Waals surface area (Å²) in [5.74, 6) is 0.574. The van der Waals surface area contributed by atoms with Crippen LogP contribution in [0.1, 0.15) is 5.69 Å². The molecular formula is C11H16N2O4. The van der Waals surface area contributed by atoms with E-state index >= 15 is 0 Å². The van der Waals surface area contributed by atoms with Crippen LogP contribution in [-0.2, 0) is 15.1 Å². The number of hydrogen-bond acceptors (Lipinski definition) is 5. The molecule has 1 saturated heterocycles. The van der Waals surface area contributed by atoms with Crippen molar-refractivity contribution in [2.24, 2.45) is 0 Å². The molecule has 3 N–H and O–H groups in total. The van der Waals surface area contributed by atoms with E-state index in [-0.39, 0.29) is 12.0 Å². The number of hydrogen-bond donors (Lipinski definition) is 3. The zero-order valence-electron chi connectivity index (χ0n) is 9.66. The van der Waals surface area contributed by atoms with E-state index < -0.39 is 5.60 Å². The maximum absolute atomic E-state index is 11.6. The molecule has 6 nitrogen and oxygen atoms in total. The third-order valence-electron chi connectivity index (χ3n) is 2.82. The van der Waals surface area contributed by atoms with E-state index in [2.05, 4.69) is 10.3 Å². The van der Waals surface area contributed by atoms with Crippen molar-refractivity contribution in [2.45, 2.75) is 5.60 Å². The fraction of sp³-hybridized carbons (Fsp3) is 0.545. The Kier molecular flexibility index (Phi) is 3.46. The predicted molar refractivity (Wildman–Crippen MR) is 62.1 cm³/mol. The molecule has 0 radical (unpaired) electrons. The Balaban J connectivity index is 2.28. The highest BCUT2D eigenvalue weighted by Gasteiger charge is 2.41. The van der Waals surface area contributed by atoms with Crippen molar-refractivity contribution in [3.63, 3.8) is 0 Å². The van der Waals surface area contributed by atoms with Crippen molar-refractivity contribution >= 4 is 5.82 Å². The first-order chi connectivity index (χ1) is 8.20. The van der Waals surface area contributed by atoms with E-state index in [4.69, 9.17) is 14.6 Å². The number of ether oxygens (including phenoxy) is 2. The summed E-state index contributed by atoms with van der Waals surface area (Å²) in [6.07, 6.45) is 0. The Morgan fingerprint density at radius 3 is 2.88 bits per heavy atom. The van der Waals surface area contributed by atoms with Crippen LogP contribution >= 0.6 is 0 Å². The van der Waals surface area contributed by atoms with E-state index in [0.29, 0.717) is 31.3 Å². The summed E-state index contributed by atoms with van der Waals surface area (Å²) in [5.41, 5.74) is 0.0393. The number of aromatic amines is 1. The van der Waals surface area contributed by atoms with Crippen LogP contribution in [0.2, 0.25) is 0 Å². The van der Waals surface area contributed by atoms with E-state index in [1.807, 2.05) is 0 Å². The Morgan fingerprint density at radius 2 is 2.35 bits per heavy atom. The number of anilines is 1. The van der Waals surface area contributed by atoms with Gasteiger partial charge in [0, 0.05) is 25.8 Å². The molecule has 2 rings (SSSR count). The summed E-state index contributed by atoms with van der Waals surface area (Å²) in [6.45, 7) is 1.26. The molecule has 0 bridgehead atoms. The highest BCUT2D eigenvalue weighted by atomic mass is 16.6. The second-order valence-corrected chi connectivity index (χ2v) is 3.98. The van der Waals surface area contributed by atoms with Crippen LogP contribution in [0.5, 0.6) is 0 Å². The first kappa shape index (κ1) is 12.1. The van der Waals surface area contributed by atoms with Crippen molar-refractivity contribution < 1.29 is 14.6 Å². The summed E-state index contributed by atoms with van der Waals surface area (Å²) in [6, 6.07) is 2.96. The molecule has 94 valence electrons. The molecule has 2 heterocycles. The van der Waals surface area contributed by atoms with Crippen molar-refractivity contribution in [2.75, 3.05) is 38.8 Å². The number of rotatable bonds is 5. The van der Waals surface area contributed by atoms with Gasteiger partial charge in [-0.3, -0.25) is 4.79 Å². The van der Waals surface area contributed by atoms with E-state index in [1.165, 1.54) is 12.1 Å². The van der Waals surface area contributed by atoms with Gasteiger partial charge in [0.05, 0.1) is 25.5 Å². The lowest BCUT2D eigenvalue weighted by atomic mass is 9.96. The van der Waals surface area contributed by atoms with Crippen LogP contribution in [0, 0.1) is 0 Å². The fourth-order valence-corrected chi connectivity index (χ4v) is 1.75. The molecule has 1 aromatic rings. The highest BCUT2D eigenvalue weighted by Crippen LogP contribution is 2.31. The molecule has 0 spiro atoms. The third kappa shape index (κ3) is 2.33. The van der Waals surface area contributed by atoms with Gasteiger partial charge in [-0.15, -0.1) is 0 Å². The maximum Gasteiger partial charge on any atom is 0.184 e. The number of aliphatic hydroxyl groups excluding tert-OH is 1. The zero-order valence-corrected chi connectivity index (χ0v) is 9.66.